The third-order valence-electron chi connectivity index (χ3n) is 8.72. The van der Waals surface area contributed by atoms with Gasteiger partial charge in [-0.3, -0.25) is 0 Å². The quantitative estimate of drug-likeness (QED) is 0.293. The lowest BCUT2D eigenvalue weighted by atomic mass is 9.66. The van der Waals surface area contributed by atoms with Crippen molar-refractivity contribution in [1.82, 2.24) is 0 Å². The van der Waals surface area contributed by atoms with Crippen LogP contribution in [0.1, 0.15) is 83.7 Å². The Balaban J connectivity index is 1.54. The summed E-state index contributed by atoms with van der Waals surface area (Å²) < 4.78 is 0. The predicted octanol–water partition coefficient (Wildman–Crippen LogP) is 7.39. The molecule has 0 amide bonds. The number of hydrogen-bond acceptors (Lipinski definition) is 2. The summed E-state index contributed by atoms with van der Waals surface area (Å²) in [6.07, 6.45) is 7.47. The van der Waals surface area contributed by atoms with Crippen LogP contribution in [-0.4, -0.2) is 10.2 Å². The number of hydrogen-bond donors (Lipinski definition) is 2. The van der Waals surface area contributed by atoms with Gasteiger partial charge in [-0.15, -0.1) is 0 Å². The monoisotopic (exact) mass is 474 g/mol. The van der Waals surface area contributed by atoms with E-state index in [1.165, 1.54) is 49.7 Å². The lowest BCUT2D eigenvalue weighted by molar-refractivity contribution is -0.113. The van der Waals surface area contributed by atoms with E-state index < -0.39 is 11.2 Å². The molecule has 2 fully saturated rings. The molecule has 182 valence electrons. The van der Waals surface area contributed by atoms with Gasteiger partial charge in [0.2, 0.25) is 0 Å². The summed E-state index contributed by atoms with van der Waals surface area (Å²) in [5.74, 6) is 1.21. The highest BCUT2D eigenvalue weighted by Gasteiger charge is 2.54. The molecular formula is C34H34O2. The molecule has 0 spiro atoms. The Hall–Kier alpha value is -3.20. The van der Waals surface area contributed by atoms with Crippen molar-refractivity contribution in [3.8, 4) is 0 Å². The van der Waals surface area contributed by atoms with E-state index in [1.54, 1.807) is 0 Å². The van der Waals surface area contributed by atoms with Gasteiger partial charge in [0.1, 0.15) is 0 Å². The molecule has 36 heavy (non-hydrogen) atoms. The van der Waals surface area contributed by atoms with Gasteiger partial charge in [0.05, 0.1) is 0 Å². The van der Waals surface area contributed by atoms with Crippen molar-refractivity contribution in [2.24, 2.45) is 0 Å². The number of rotatable bonds is 7. The number of aliphatic hydroxyl groups is 2. The maximum atomic E-state index is 12.9. The minimum atomic E-state index is -1.70. The molecule has 2 N–H and O–H groups in total. The molecule has 2 aliphatic rings. The fourth-order valence-electron chi connectivity index (χ4n) is 6.00. The molecule has 2 saturated carbocycles. The van der Waals surface area contributed by atoms with Gasteiger partial charge in [-0.05, 0) is 70.9 Å². The van der Waals surface area contributed by atoms with Crippen LogP contribution in [0, 0.1) is 0 Å². The van der Waals surface area contributed by atoms with E-state index in [-0.39, 0.29) is 0 Å². The van der Waals surface area contributed by atoms with Gasteiger partial charge in [-0.25, -0.2) is 0 Å². The summed E-state index contributed by atoms with van der Waals surface area (Å²) in [5, 5.41) is 25.7. The molecule has 4 aromatic rings. The fourth-order valence-corrected chi connectivity index (χ4v) is 6.00. The maximum Gasteiger partial charge on any atom is 0.152 e. The van der Waals surface area contributed by atoms with Crippen molar-refractivity contribution < 1.29 is 10.2 Å². The largest absolute Gasteiger partial charge is 0.377 e. The Morgan fingerprint density at radius 2 is 0.722 bits per heavy atom. The van der Waals surface area contributed by atoms with Crippen LogP contribution in [0.3, 0.4) is 0 Å². The summed E-state index contributed by atoms with van der Waals surface area (Å²) >= 11 is 0. The van der Waals surface area contributed by atoms with E-state index in [0.717, 1.165) is 0 Å². The SMILES string of the molecule is OC(c1ccccc1)(c1ccc(C2CCC2)cc1)C(O)(c1ccccc1)c1ccc(C2CCC2)cc1. The molecule has 0 radical (unpaired) electrons. The molecule has 2 unspecified atom stereocenters. The van der Waals surface area contributed by atoms with Crippen molar-refractivity contribution in [2.45, 2.75) is 61.6 Å². The Morgan fingerprint density at radius 3 is 1.00 bits per heavy atom. The highest BCUT2D eigenvalue weighted by molar-refractivity contribution is 5.51. The van der Waals surface area contributed by atoms with Crippen molar-refractivity contribution in [1.29, 1.82) is 0 Å². The van der Waals surface area contributed by atoms with Crippen LogP contribution >= 0.6 is 0 Å². The van der Waals surface area contributed by atoms with Crippen LogP contribution in [0.15, 0.2) is 109 Å². The zero-order chi connectivity index (χ0) is 24.6. The topological polar surface area (TPSA) is 40.5 Å². The molecule has 0 bridgehead atoms. The van der Waals surface area contributed by atoms with Gasteiger partial charge in [-0.2, -0.15) is 0 Å². The Bertz CT molecular complexity index is 1180. The standard InChI is InChI=1S/C34H34O2/c35-33(29-13-3-1-4-14-29,31-21-17-27(18-22-31)25-9-7-10-25)34(36,30-15-5-2-6-16-30)32-23-19-28(20-24-32)26-11-8-12-26/h1-6,13-26,35-36H,7-12H2. The molecule has 0 saturated heterocycles. The van der Waals surface area contributed by atoms with Crippen molar-refractivity contribution in [3.63, 3.8) is 0 Å². The van der Waals surface area contributed by atoms with E-state index in [9.17, 15) is 10.2 Å². The lowest BCUT2D eigenvalue weighted by Crippen LogP contribution is -2.51. The van der Waals surface area contributed by atoms with Crippen LogP contribution in [0.5, 0.6) is 0 Å². The molecule has 0 aliphatic heterocycles. The minimum Gasteiger partial charge on any atom is -0.377 e. The second kappa shape index (κ2) is 9.35. The molecule has 0 heterocycles. The van der Waals surface area contributed by atoms with Crippen LogP contribution < -0.4 is 0 Å². The summed E-state index contributed by atoms with van der Waals surface area (Å²) in [6, 6.07) is 35.8. The molecule has 2 aliphatic carbocycles. The van der Waals surface area contributed by atoms with Gasteiger partial charge < -0.3 is 10.2 Å². The van der Waals surface area contributed by atoms with Gasteiger partial charge in [-0.1, -0.05) is 122 Å². The summed E-state index contributed by atoms with van der Waals surface area (Å²) in [5.41, 5.74) is 1.92. The highest BCUT2D eigenvalue weighted by Crippen LogP contribution is 2.50. The molecule has 2 nitrogen and oxygen atoms in total. The molecular weight excluding hydrogens is 440 g/mol. The van der Waals surface area contributed by atoms with E-state index in [1.807, 2.05) is 84.9 Å². The Morgan fingerprint density at radius 1 is 0.417 bits per heavy atom. The van der Waals surface area contributed by atoms with E-state index in [2.05, 4.69) is 24.3 Å². The van der Waals surface area contributed by atoms with Gasteiger partial charge in [0, 0.05) is 0 Å². The second-order valence-corrected chi connectivity index (χ2v) is 10.7. The zero-order valence-electron chi connectivity index (χ0n) is 20.7. The first-order valence-electron chi connectivity index (χ1n) is 13.4. The smallest absolute Gasteiger partial charge is 0.152 e. The van der Waals surface area contributed by atoms with E-state index in [4.69, 9.17) is 0 Å². The first kappa shape index (κ1) is 23.2. The van der Waals surface area contributed by atoms with Crippen molar-refractivity contribution in [2.75, 3.05) is 0 Å². The maximum absolute atomic E-state index is 12.9. The first-order valence-corrected chi connectivity index (χ1v) is 13.4. The normalized spacial score (nSPS) is 19.5. The molecule has 6 rings (SSSR count). The van der Waals surface area contributed by atoms with Gasteiger partial charge >= 0.3 is 0 Å². The molecule has 2 heteroatoms. The van der Waals surface area contributed by atoms with Gasteiger partial charge in [0.15, 0.2) is 11.2 Å². The third kappa shape index (κ3) is 3.72. The van der Waals surface area contributed by atoms with Gasteiger partial charge in [0.25, 0.3) is 0 Å². The summed E-state index contributed by atoms with van der Waals surface area (Å²) in [7, 11) is 0. The number of benzene rings is 4. The first-order chi connectivity index (χ1) is 17.6. The van der Waals surface area contributed by atoms with Crippen LogP contribution in [0.4, 0.5) is 0 Å². The summed E-state index contributed by atoms with van der Waals surface area (Å²) in [6.45, 7) is 0. The highest BCUT2D eigenvalue weighted by atomic mass is 16.4. The van der Waals surface area contributed by atoms with Crippen molar-refractivity contribution in [3.05, 3.63) is 143 Å². The molecule has 0 aromatic heterocycles. The fraction of sp³-hybridized carbons (Fsp3) is 0.294. The third-order valence-corrected chi connectivity index (χ3v) is 8.72. The van der Waals surface area contributed by atoms with E-state index >= 15 is 0 Å². The molecule has 2 atom stereocenters. The minimum absolute atomic E-state index is 0.607. The van der Waals surface area contributed by atoms with Crippen molar-refractivity contribution >= 4 is 0 Å². The van der Waals surface area contributed by atoms with E-state index in [0.29, 0.717) is 34.1 Å². The summed E-state index contributed by atoms with van der Waals surface area (Å²) in [4.78, 5) is 0. The predicted molar refractivity (Wildman–Crippen MR) is 145 cm³/mol. The lowest BCUT2D eigenvalue weighted by Gasteiger charge is -2.45. The molecule has 4 aromatic carbocycles. The second-order valence-electron chi connectivity index (χ2n) is 10.7. The van der Waals surface area contributed by atoms with Crippen LogP contribution in [-0.2, 0) is 11.2 Å². The average Bonchev–Trinajstić information content (AvgIpc) is 2.88. The Labute approximate surface area is 214 Å². The Kier molecular flexibility index (Phi) is 6.03. The van der Waals surface area contributed by atoms with Crippen LogP contribution in [0.25, 0.3) is 0 Å². The zero-order valence-corrected chi connectivity index (χ0v) is 20.7. The van der Waals surface area contributed by atoms with Crippen LogP contribution in [0.2, 0.25) is 0 Å². The average molecular weight is 475 g/mol.